The van der Waals surface area contributed by atoms with E-state index in [-0.39, 0.29) is 5.69 Å². The zero-order valence-corrected chi connectivity index (χ0v) is 18.3. The number of fused-ring (bicyclic) bond motifs is 1. The lowest BCUT2D eigenvalue weighted by molar-refractivity contribution is 0.0690. The first-order chi connectivity index (χ1) is 15.1. The van der Waals surface area contributed by atoms with Gasteiger partial charge in [0.2, 0.25) is 0 Å². The zero-order valence-electron chi connectivity index (χ0n) is 18.3. The SMILES string of the molecule is CCN(CC)CCCOc1cc(C(=O)O)nc2c1c(C1CCC1)nn2-c1ccccc1. The maximum Gasteiger partial charge on any atom is 0.354 e. The van der Waals surface area contributed by atoms with Crippen molar-refractivity contribution >= 4 is 17.0 Å². The minimum Gasteiger partial charge on any atom is -0.493 e. The van der Waals surface area contributed by atoms with Crippen LogP contribution in [0.3, 0.4) is 0 Å². The summed E-state index contributed by atoms with van der Waals surface area (Å²) < 4.78 is 7.94. The first-order valence-corrected chi connectivity index (χ1v) is 11.2. The molecule has 0 saturated heterocycles. The minimum absolute atomic E-state index is 0.0246. The van der Waals surface area contributed by atoms with Crippen LogP contribution in [0.1, 0.15) is 61.6 Å². The van der Waals surface area contributed by atoms with Crippen molar-refractivity contribution in [2.24, 2.45) is 0 Å². The van der Waals surface area contributed by atoms with E-state index in [1.54, 1.807) is 10.7 Å². The Labute approximate surface area is 182 Å². The van der Waals surface area contributed by atoms with Crippen LogP contribution in [-0.4, -0.2) is 57.0 Å². The van der Waals surface area contributed by atoms with Crippen LogP contribution in [0.5, 0.6) is 5.75 Å². The maximum atomic E-state index is 11.8. The van der Waals surface area contributed by atoms with Gasteiger partial charge in [0.05, 0.1) is 23.4 Å². The third kappa shape index (κ3) is 4.42. The molecule has 1 fully saturated rings. The summed E-state index contributed by atoms with van der Waals surface area (Å²) >= 11 is 0. The monoisotopic (exact) mass is 422 g/mol. The highest BCUT2D eigenvalue weighted by Crippen LogP contribution is 2.42. The highest BCUT2D eigenvalue weighted by atomic mass is 16.5. The predicted octanol–water partition coefficient (Wildman–Crippen LogP) is 4.50. The number of aromatic carboxylic acids is 1. The summed E-state index contributed by atoms with van der Waals surface area (Å²) in [5.41, 5.74) is 2.35. The zero-order chi connectivity index (χ0) is 21.8. The fraction of sp³-hybridized carbons (Fsp3) is 0.458. The van der Waals surface area contributed by atoms with Gasteiger partial charge in [-0.1, -0.05) is 38.5 Å². The molecule has 0 atom stereocenters. The number of pyridine rings is 1. The number of benzene rings is 1. The molecule has 31 heavy (non-hydrogen) atoms. The van der Waals surface area contributed by atoms with Gasteiger partial charge in [-0.05, 0) is 44.5 Å². The second-order valence-corrected chi connectivity index (χ2v) is 8.00. The van der Waals surface area contributed by atoms with Crippen LogP contribution < -0.4 is 4.74 Å². The number of aromatic nitrogens is 3. The van der Waals surface area contributed by atoms with Gasteiger partial charge in [-0.15, -0.1) is 0 Å². The molecule has 7 nitrogen and oxygen atoms in total. The molecule has 0 bridgehead atoms. The van der Waals surface area contributed by atoms with Crippen molar-refractivity contribution in [3.8, 4) is 11.4 Å². The van der Waals surface area contributed by atoms with Crippen LogP contribution in [0.2, 0.25) is 0 Å². The summed E-state index contributed by atoms with van der Waals surface area (Å²) in [5.74, 6) is -0.130. The Balaban J connectivity index is 1.75. The van der Waals surface area contributed by atoms with E-state index in [0.717, 1.165) is 55.7 Å². The van der Waals surface area contributed by atoms with Gasteiger partial charge in [0.15, 0.2) is 11.3 Å². The van der Waals surface area contributed by atoms with Gasteiger partial charge in [-0.3, -0.25) is 0 Å². The number of carboxylic acid groups (broad SMARTS) is 1. The molecule has 1 aliphatic carbocycles. The molecule has 2 heterocycles. The largest absolute Gasteiger partial charge is 0.493 e. The Kier molecular flexibility index (Phi) is 6.51. The number of nitrogens with zero attached hydrogens (tertiary/aromatic N) is 4. The van der Waals surface area contributed by atoms with Crippen molar-refractivity contribution < 1.29 is 14.6 Å². The predicted molar refractivity (Wildman–Crippen MR) is 120 cm³/mol. The van der Waals surface area contributed by atoms with Gasteiger partial charge >= 0.3 is 5.97 Å². The highest BCUT2D eigenvalue weighted by Gasteiger charge is 2.29. The first kappa shape index (κ1) is 21.3. The Bertz CT molecular complexity index is 1040. The van der Waals surface area contributed by atoms with E-state index in [1.165, 1.54) is 6.42 Å². The van der Waals surface area contributed by atoms with E-state index >= 15 is 0 Å². The molecule has 7 heteroatoms. The molecule has 0 spiro atoms. The number of carbonyl (C=O) groups is 1. The normalized spacial score (nSPS) is 14.2. The summed E-state index contributed by atoms with van der Waals surface area (Å²) in [4.78, 5) is 18.6. The van der Waals surface area contributed by atoms with Crippen LogP contribution >= 0.6 is 0 Å². The number of rotatable bonds is 10. The quantitative estimate of drug-likeness (QED) is 0.485. The van der Waals surface area contributed by atoms with Gasteiger partial charge < -0.3 is 14.7 Å². The highest BCUT2D eigenvalue weighted by molar-refractivity contribution is 5.94. The average molecular weight is 423 g/mol. The van der Waals surface area contributed by atoms with Gasteiger partial charge in [0, 0.05) is 18.5 Å². The molecular formula is C24H30N4O3. The second kappa shape index (κ2) is 9.47. The molecule has 1 N–H and O–H groups in total. The number of hydrogen-bond acceptors (Lipinski definition) is 5. The van der Waals surface area contributed by atoms with Crippen molar-refractivity contribution in [2.45, 2.75) is 45.4 Å². The van der Waals surface area contributed by atoms with E-state index in [4.69, 9.17) is 9.84 Å². The molecule has 164 valence electrons. The summed E-state index contributed by atoms with van der Waals surface area (Å²) in [7, 11) is 0. The lowest BCUT2D eigenvalue weighted by Crippen LogP contribution is -2.25. The van der Waals surface area contributed by atoms with Gasteiger partial charge in [-0.2, -0.15) is 5.10 Å². The number of hydrogen-bond donors (Lipinski definition) is 1. The molecule has 4 rings (SSSR count). The lowest BCUT2D eigenvalue weighted by Gasteiger charge is -2.24. The Morgan fingerprint density at radius 1 is 1.23 bits per heavy atom. The van der Waals surface area contributed by atoms with Crippen LogP contribution in [0.25, 0.3) is 16.7 Å². The summed E-state index contributed by atoms with van der Waals surface area (Å²) in [6, 6.07) is 11.3. The number of para-hydroxylation sites is 1. The topological polar surface area (TPSA) is 80.5 Å². The van der Waals surface area contributed by atoms with Crippen molar-refractivity contribution in [3.63, 3.8) is 0 Å². The van der Waals surface area contributed by atoms with E-state index < -0.39 is 5.97 Å². The Morgan fingerprint density at radius 2 is 1.97 bits per heavy atom. The standard InChI is InChI=1S/C24H30N4O3/c1-3-27(4-2)14-9-15-31-20-16-19(24(29)30)25-23-21(20)22(17-10-8-11-17)26-28(23)18-12-6-5-7-13-18/h5-7,12-13,16-17H,3-4,8-11,14-15H2,1-2H3,(H,29,30). The van der Waals surface area contributed by atoms with Crippen LogP contribution in [0.4, 0.5) is 0 Å². The molecule has 0 aliphatic heterocycles. The molecule has 1 saturated carbocycles. The fourth-order valence-electron chi connectivity index (χ4n) is 4.06. The Morgan fingerprint density at radius 3 is 2.58 bits per heavy atom. The fourth-order valence-corrected chi connectivity index (χ4v) is 4.06. The van der Waals surface area contributed by atoms with E-state index in [1.807, 2.05) is 30.3 Å². The van der Waals surface area contributed by atoms with Crippen molar-refractivity contribution in [1.29, 1.82) is 0 Å². The van der Waals surface area contributed by atoms with Crippen molar-refractivity contribution in [3.05, 3.63) is 47.8 Å². The number of carboxylic acids is 1. The molecule has 0 radical (unpaired) electrons. The third-order valence-electron chi connectivity index (χ3n) is 6.11. The second-order valence-electron chi connectivity index (χ2n) is 8.00. The van der Waals surface area contributed by atoms with Crippen LogP contribution in [-0.2, 0) is 0 Å². The molecule has 0 amide bonds. The van der Waals surface area contributed by atoms with Gasteiger partial charge in [0.25, 0.3) is 0 Å². The molecule has 3 aromatic rings. The molecule has 2 aromatic heterocycles. The first-order valence-electron chi connectivity index (χ1n) is 11.2. The Hall–Kier alpha value is -2.93. The van der Waals surface area contributed by atoms with Crippen molar-refractivity contribution in [1.82, 2.24) is 19.7 Å². The summed E-state index contributed by atoms with van der Waals surface area (Å²) in [5, 5.41) is 15.4. The molecule has 0 unspecified atom stereocenters. The van der Waals surface area contributed by atoms with E-state index in [9.17, 15) is 9.90 Å². The molecule has 1 aromatic carbocycles. The molecular weight excluding hydrogens is 392 g/mol. The van der Waals surface area contributed by atoms with Crippen LogP contribution in [0.15, 0.2) is 36.4 Å². The maximum absolute atomic E-state index is 11.8. The summed E-state index contributed by atoms with van der Waals surface area (Å²) in [6.45, 7) is 7.79. The lowest BCUT2D eigenvalue weighted by atomic mass is 9.82. The molecule has 1 aliphatic rings. The van der Waals surface area contributed by atoms with Gasteiger partial charge in [0.1, 0.15) is 5.75 Å². The summed E-state index contributed by atoms with van der Waals surface area (Å²) in [6.07, 6.45) is 4.23. The van der Waals surface area contributed by atoms with Crippen LogP contribution in [0, 0.1) is 0 Å². The van der Waals surface area contributed by atoms with Crippen molar-refractivity contribution in [2.75, 3.05) is 26.2 Å². The average Bonchev–Trinajstić information content (AvgIpc) is 3.12. The van der Waals surface area contributed by atoms with E-state index in [0.29, 0.717) is 23.9 Å². The van der Waals surface area contributed by atoms with E-state index in [2.05, 4.69) is 23.7 Å². The number of ether oxygens (including phenoxy) is 1. The minimum atomic E-state index is -1.07. The van der Waals surface area contributed by atoms with Gasteiger partial charge in [-0.25, -0.2) is 14.5 Å². The third-order valence-corrected chi connectivity index (χ3v) is 6.11. The smallest absolute Gasteiger partial charge is 0.354 e.